The molecule has 1 fully saturated rings. The molecule has 6 heteroatoms. The lowest BCUT2D eigenvalue weighted by Crippen LogP contribution is -2.48. The number of nitrogens with one attached hydrogen (secondary N) is 3. The first-order valence-electron chi connectivity index (χ1n) is 6.71. The van der Waals surface area contributed by atoms with E-state index in [9.17, 15) is 9.59 Å². The number of anilines is 1. The third-order valence-electron chi connectivity index (χ3n) is 2.99. The highest BCUT2D eigenvalue weighted by Crippen LogP contribution is 2.10. The molecule has 0 bridgehead atoms. The van der Waals surface area contributed by atoms with E-state index >= 15 is 0 Å². The molecule has 1 saturated heterocycles. The fourth-order valence-corrected chi connectivity index (χ4v) is 1.93. The second kappa shape index (κ2) is 7.02. The summed E-state index contributed by atoms with van der Waals surface area (Å²) in [5, 5.41) is 8.60. The standard InChI is InChI=1S/C14H19N3O3/c1-2-15-13(18)10-3-5-11(6-4-10)17-14(19)12-9-20-8-7-16-12/h3-6,12,16H,2,7-9H2,1H3,(H,15,18)(H,17,19). The van der Waals surface area contributed by atoms with Gasteiger partial charge in [0.25, 0.3) is 5.91 Å². The number of carbonyl (C=O) groups is 2. The molecule has 3 N–H and O–H groups in total. The lowest BCUT2D eigenvalue weighted by Gasteiger charge is -2.22. The summed E-state index contributed by atoms with van der Waals surface area (Å²) in [7, 11) is 0. The van der Waals surface area contributed by atoms with Crippen molar-refractivity contribution in [2.75, 3.05) is 31.6 Å². The smallest absolute Gasteiger partial charge is 0.251 e. The van der Waals surface area contributed by atoms with Gasteiger partial charge in [-0.3, -0.25) is 9.59 Å². The first-order valence-corrected chi connectivity index (χ1v) is 6.71. The minimum absolute atomic E-state index is 0.118. The van der Waals surface area contributed by atoms with Crippen LogP contribution in [0.1, 0.15) is 17.3 Å². The summed E-state index contributed by atoms with van der Waals surface area (Å²) in [5.74, 6) is -0.247. The summed E-state index contributed by atoms with van der Waals surface area (Å²) in [4.78, 5) is 23.6. The van der Waals surface area contributed by atoms with Gasteiger partial charge in [0, 0.05) is 24.3 Å². The highest BCUT2D eigenvalue weighted by atomic mass is 16.5. The van der Waals surface area contributed by atoms with Gasteiger partial charge in [0.15, 0.2) is 0 Å². The average Bonchev–Trinajstić information content (AvgIpc) is 2.49. The second-order valence-electron chi connectivity index (χ2n) is 4.51. The fraction of sp³-hybridized carbons (Fsp3) is 0.429. The molecule has 6 nitrogen and oxygen atoms in total. The lowest BCUT2D eigenvalue weighted by atomic mass is 10.2. The molecular weight excluding hydrogens is 258 g/mol. The Hall–Kier alpha value is -1.92. The van der Waals surface area contributed by atoms with Crippen LogP contribution in [0.4, 0.5) is 5.69 Å². The number of rotatable bonds is 4. The Bertz CT molecular complexity index is 467. The van der Waals surface area contributed by atoms with Crippen molar-refractivity contribution in [1.29, 1.82) is 0 Å². The molecule has 1 aliphatic heterocycles. The number of ether oxygens (including phenoxy) is 1. The summed E-state index contributed by atoms with van der Waals surface area (Å²) < 4.78 is 5.24. The van der Waals surface area contributed by atoms with Crippen molar-refractivity contribution >= 4 is 17.5 Å². The quantitative estimate of drug-likeness (QED) is 0.742. The van der Waals surface area contributed by atoms with E-state index < -0.39 is 0 Å². The maximum Gasteiger partial charge on any atom is 0.251 e. The van der Waals surface area contributed by atoms with Crippen LogP contribution >= 0.6 is 0 Å². The van der Waals surface area contributed by atoms with E-state index in [1.54, 1.807) is 24.3 Å². The van der Waals surface area contributed by atoms with Gasteiger partial charge < -0.3 is 20.7 Å². The third kappa shape index (κ3) is 3.79. The third-order valence-corrected chi connectivity index (χ3v) is 2.99. The predicted octanol–water partition coefficient (Wildman–Crippen LogP) is 0.363. The van der Waals surface area contributed by atoms with Crippen LogP contribution in [0.5, 0.6) is 0 Å². The topological polar surface area (TPSA) is 79.5 Å². The lowest BCUT2D eigenvalue weighted by molar-refractivity contribution is -0.120. The molecule has 1 aromatic rings. The van der Waals surface area contributed by atoms with Gasteiger partial charge in [-0.15, -0.1) is 0 Å². The zero-order valence-electron chi connectivity index (χ0n) is 11.4. The number of carbonyl (C=O) groups excluding carboxylic acids is 2. The van der Waals surface area contributed by atoms with Crippen LogP contribution in [0.2, 0.25) is 0 Å². The molecule has 1 unspecified atom stereocenters. The zero-order valence-corrected chi connectivity index (χ0v) is 11.4. The molecule has 20 heavy (non-hydrogen) atoms. The van der Waals surface area contributed by atoms with Gasteiger partial charge in [-0.2, -0.15) is 0 Å². The van der Waals surface area contributed by atoms with Crippen LogP contribution in [-0.2, 0) is 9.53 Å². The Morgan fingerprint density at radius 3 is 2.70 bits per heavy atom. The molecule has 1 aliphatic rings. The first kappa shape index (κ1) is 14.5. The SMILES string of the molecule is CCNC(=O)c1ccc(NC(=O)C2COCCN2)cc1. The van der Waals surface area contributed by atoms with Gasteiger partial charge in [-0.05, 0) is 31.2 Å². The number of benzene rings is 1. The Balaban J connectivity index is 1.92. The van der Waals surface area contributed by atoms with E-state index in [0.29, 0.717) is 37.6 Å². The van der Waals surface area contributed by atoms with Crippen LogP contribution in [0.3, 0.4) is 0 Å². The molecule has 108 valence electrons. The highest BCUT2D eigenvalue weighted by molar-refractivity contribution is 5.97. The van der Waals surface area contributed by atoms with Gasteiger partial charge >= 0.3 is 0 Å². The van der Waals surface area contributed by atoms with E-state index in [2.05, 4.69) is 16.0 Å². The van der Waals surface area contributed by atoms with Crippen LogP contribution in [0, 0.1) is 0 Å². The van der Waals surface area contributed by atoms with Gasteiger partial charge in [0.2, 0.25) is 5.91 Å². The Morgan fingerprint density at radius 1 is 1.35 bits per heavy atom. The summed E-state index contributed by atoms with van der Waals surface area (Å²) in [6.07, 6.45) is 0. The summed E-state index contributed by atoms with van der Waals surface area (Å²) in [5.41, 5.74) is 1.24. The molecule has 1 atom stereocenters. The molecule has 2 amide bonds. The van der Waals surface area contributed by atoms with Gasteiger partial charge in [0.1, 0.15) is 6.04 Å². The Morgan fingerprint density at radius 2 is 2.10 bits per heavy atom. The molecule has 1 heterocycles. The van der Waals surface area contributed by atoms with Gasteiger partial charge in [-0.25, -0.2) is 0 Å². The van der Waals surface area contributed by atoms with E-state index in [-0.39, 0.29) is 17.9 Å². The Labute approximate surface area is 117 Å². The van der Waals surface area contributed by atoms with Crippen molar-refractivity contribution in [3.8, 4) is 0 Å². The van der Waals surface area contributed by atoms with E-state index in [0.717, 1.165) is 0 Å². The van der Waals surface area contributed by atoms with Gasteiger partial charge in [0.05, 0.1) is 13.2 Å². The van der Waals surface area contributed by atoms with Crippen molar-refractivity contribution in [2.24, 2.45) is 0 Å². The van der Waals surface area contributed by atoms with E-state index in [4.69, 9.17) is 4.74 Å². The fourth-order valence-electron chi connectivity index (χ4n) is 1.93. The molecule has 0 aromatic heterocycles. The zero-order chi connectivity index (χ0) is 14.4. The largest absolute Gasteiger partial charge is 0.378 e. The molecule has 0 radical (unpaired) electrons. The van der Waals surface area contributed by atoms with Crippen LogP contribution in [0.25, 0.3) is 0 Å². The number of hydrogen-bond acceptors (Lipinski definition) is 4. The van der Waals surface area contributed by atoms with Crippen molar-refractivity contribution in [2.45, 2.75) is 13.0 Å². The van der Waals surface area contributed by atoms with Crippen LogP contribution < -0.4 is 16.0 Å². The summed E-state index contributed by atoms with van der Waals surface area (Å²) in [6, 6.07) is 6.47. The highest BCUT2D eigenvalue weighted by Gasteiger charge is 2.21. The molecule has 0 aliphatic carbocycles. The minimum Gasteiger partial charge on any atom is -0.378 e. The van der Waals surface area contributed by atoms with E-state index in [1.807, 2.05) is 6.92 Å². The van der Waals surface area contributed by atoms with Crippen molar-refractivity contribution in [3.05, 3.63) is 29.8 Å². The van der Waals surface area contributed by atoms with Crippen molar-refractivity contribution < 1.29 is 14.3 Å². The molecule has 2 rings (SSSR count). The van der Waals surface area contributed by atoms with Crippen molar-refractivity contribution in [3.63, 3.8) is 0 Å². The number of amides is 2. The second-order valence-corrected chi connectivity index (χ2v) is 4.51. The normalized spacial score (nSPS) is 18.4. The summed E-state index contributed by atoms with van der Waals surface area (Å²) >= 11 is 0. The van der Waals surface area contributed by atoms with Crippen molar-refractivity contribution in [1.82, 2.24) is 10.6 Å². The molecule has 1 aromatic carbocycles. The predicted molar refractivity (Wildman–Crippen MR) is 75.7 cm³/mol. The molecule has 0 saturated carbocycles. The van der Waals surface area contributed by atoms with Crippen LogP contribution in [0.15, 0.2) is 24.3 Å². The monoisotopic (exact) mass is 277 g/mol. The first-order chi connectivity index (χ1) is 9.70. The summed E-state index contributed by atoms with van der Waals surface area (Å²) in [6.45, 7) is 4.14. The molecule has 0 spiro atoms. The van der Waals surface area contributed by atoms with Gasteiger partial charge in [-0.1, -0.05) is 0 Å². The number of hydrogen-bond donors (Lipinski definition) is 3. The number of morpholine rings is 1. The molecular formula is C14H19N3O3. The average molecular weight is 277 g/mol. The van der Waals surface area contributed by atoms with E-state index in [1.165, 1.54) is 0 Å². The Kier molecular flexibility index (Phi) is 5.09. The maximum atomic E-state index is 12.0. The van der Waals surface area contributed by atoms with Crippen LogP contribution in [-0.4, -0.2) is 44.2 Å². The minimum atomic E-state index is -0.327. The maximum absolute atomic E-state index is 12.0.